The number of rotatable bonds is 5. The van der Waals surface area contributed by atoms with Gasteiger partial charge in [0.25, 0.3) is 0 Å². The Kier molecular flexibility index (Phi) is 6.78. The van der Waals surface area contributed by atoms with E-state index in [1.807, 2.05) is 12.3 Å². The van der Waals surface area contributed by atoms with Crippen LogP contribution in [-0.2, 0) is 11.2 Å². The van der Waals surface area contributed by atoms with Crippen LogP contribution in [0.1, 0.15) is 11.1 Å². The molecule has 0 heterocycles. The summed E-state index contributed by atoms with van der Waals surface area (Å²) in [6, 6.07) is 10.6. The lowest BCUT2D eigenvalue weighted by Crippen LogP contribution is -2.20. The summed E-state index contributed by atoms with van der Waals surface area (Å²) in [6.45, 7) is 0. The van der Waals surface area contributed by atoms with Crippen molar-refractivity contribution in [1.29, 1.82) is 0 Å². The molecule has 0 atom stereocenters. The molecular formula is C16H13Cl3N2OS. The van der Waals surface area contributed by atoms with Crippen LogP contribution in [0.5, 0.6) is 0 Å². The molecule has 1 amide bonds. The van der Waals surface area contributed by atoms with Gasteiger partial charge in [-0.2, -0.15) is 5.10 Å². The van der Waals surface area contributed by atoms with Crippen LogP contribution in [0.4, 0.5) is 0 Å². The standard InChI is InChI=1S/C16H13Cl3N2OS/c1-23-15-5-3-12(17)7-11(15)8-16(22)21-20-9-10-2-4-13(18)14(19)6-10/h2-7,9H,8H2,1H3,(H,21,22)/b20-9-. The van der Waals surface area contributed by atoms with Gasteiger partial charge in [0.1, 0.15) is 0 Å². The van der Waals surface area contributed by atoms with Crippen LogP contribution in [0.25, 0.3) is 0 Å². The van der Waals surface area contributed by atoms with Crippen LogP contribution < -0.4 is 5.43 Å². The lowest BCUT2D eigenvalue weighted by atomic mass is 10.1. The van der Waals surface area contributed by atoms with E-state index < -0.39 is 0 Å². The summed E-state index contributed by atoms with van der Waals surface area (Å²) in [4.78, 5) is 13.0. The van der Waals surface area contributed by atoms with Crippen molar-refractivity contribution in [3.05, 3.63) is 62.6 Å². The van der Waals surface area contributed by atoms with E-state index in [2.05, 4.69) is 10.5 Å². The Morgan fingerprint density at radius 1 is 1.17 bits per heavy atom. The molecular weight excluding hydrogens is 375 g/mol. The molecule has 0 unspecified atom stereocenters. The van der Waals surface area contributed by atoms with Crippen LogP contribution in [0, 0.1) is 0 Å². The first kappa shape index (κ1) is 18.1. The molecule has 0 aliphatic carbocycles. The number of carbonyl (C=O) groups excluding carboxylic acids is 1. The number of hydrogen-bond donors (Lipinski definition) is 1. The predicted octanol–water partition coefficient (Wildman–Crippen LogP) is 5.06. The zero-order valence-corrected chi connectivity index (χ0v) is 15.2. The van der Waals surface area contributed by atoms with Gasteiger partial charge in [0.2, 0.25) is 5.91 Å². The normalized spacial score (nSPS) is 11.0. The first-order valence-electron chi connectivity index (χ1n) is 6.59. The number of hydrogen-bond acceptors (Lipinski definition) is 3. The molecule has 0 aliphatic rings. The van der Waals surface area contributed by atoms with Crippen molar-refractivity contribution in [2.75, 3.05) is 6.26 Å². The molecule has 0 aromatic heterocycles. The van der Waals surface area contributed by atoms with Gasteiger partial charge in [-0.3, -0.25) is 4.79 Å². The predicted molar refractivity (Wildman–Crippen MR) is 99.1 cm³/mol. The number of benzene rings is 2. The Labute approximate surface area is 154 Å². The number of carbonyl (C=O) groups is 1. The summed E-state index contributed by atoms with van der Waals surface area (Å²) in [5.74, 6) is -0.223. The summed E-state index contributed by atoms with van der Waals surface area (Å²) in [5.41, 5.74) is 4.10. The first-order chi connectivity index (χ1) is 11.0. The molecule has 0 bridgehead atoms. The summed E-state index contributed by atoms with van der Waals surface area (Å²) in [5, 5.41) is 5.43. The SMILES string of the molecule is CSc1ccc(Cl)cc1CC(=O)N/N=C\c1ccc(Cl)c(Cl)c1. The van der Waals surface area contributed by atoms with E-state index in [0.29, 0.717) is 15.1 Å². The third-order valence-corrected chi connectivity index (χ3v) is 4.75. The van der Waals surface area contributed by atoms with Gasteiger partial charge >= 0.3 is 0 Å². The van der Waals surface area contributed by atoms with Crippen LogP contribution in [-0.4, -0.2) is 18.4 Å². The minimum absolute atomic E-state index is 0.204. The number of thioether (sulfide) groups is 1. The van der Waals surface area contributed by atoms with E-state index >= 15 is 0 Å². The summed E-state index contributed by atoms with van der Waals surface area (Å²) in [7, 11) is 0. The van der Waals surface area contributed by atoms with Crippen molar-refractivity contribution >= 4 is 58.7 Å². The van der Waals surface area contributed by atoms with Crippen molar-refractivity contribution in [3.8, 4) is 0 Å². The Bertz CT molecular complexity index is 750. The molecule has 23 heavy (non-hydrogen) atoms. The van der Waals surface area contributed by atoms with Crippen LogP contribution >= 0.6 is 46.6 Å². The second-order valence-corrected chi connectivity index (χ2v) is 6.70. The van der Waals surface area contributed by atoms with E-state index in [9.17, 15) is 4.79 Å². The fraction of sp³-hybridized carbons (Fsp3) is 0.125. The van der Waals surface area contributed by atoms with E-state index in [4.69, 9.17) is 34.8 Å². The molecule has 0 saturated carbocycles. The minimum atomic E-state index is -0.223. The summed E-state index contributed by atoms with van der Waals surface area (Å²) in [6.07, 6.45) is 3.66. The highest BCUT2D eigenvalue weighted by molar-refractivity contribution is 7.98. The second kappa shape index (κ2) is 8.60. The number of halogens is 3. The zero-order chi connectivity index (χ0) is 16.8. The van der Waals surface area contributed by atoms with E-state index in [1.54, 1.807) is 42.1 Å². The Hall–Kier alpha value is -1.20. The average molecular weight is 388 g/mol. The smallest absolute Gasteiger partial charge is 0.244 e. The van der Waals surface area contributed by atoms with Gasteiger partial charge in [-0.25, -0.2) is 5.43 Å². The lowest BCUT2D eigenvalue weighted by Gasteiger charge is -2.07. The maximum absolute atomic E-state index is 12.0. The van der Waals surface area contributed by atoms with Crippen LogP contribution in [0.2, 0.25) is 15.1 Å². The topological polar surface area (TPSA) is 41.5 Å². The highest BCUT2D eigenvalue weighted by Crippen LogP contribution is 2.24. The fourth-order valence-corrected chi connectivity index (χ4v) is 2.97. The van der Waals surface area contributed by atoms with Gasteiger partial charge in [-0.05, 0) is 47.7 Å². The van der Waals surface area contributed by atoms with Gasteiger partial charge < -0.3 is 0 Å². The van der Waals surface area contributed by atoms with E-state index in [0.717, 1.165) is 16.0 Å². The van der Waals surface area contributed by atoms with Gasteiger partial charge in [0.05, 0.1) is 22.7 Å². The van der Waals surface area contributed by atoms with Crippen molar-refractivity contribution in [2.24, 2.45) is 5.10 Å². The molecule has 0 radical (unpaired) electrons. The van der Waals surface area contributed by atoms with Gasteiger partial charge in [-0.15, -0.1) is 11.8 Å². The first-order valence-corrected chi connectivity index (χ1v) is 8.95. The number of amides is 1. The average Bonchev–Trinajstić information content (AvgIpc) is 2.51. The maximum Gasteiger partial charge on any atom is 0.244 e. The summed E-state index contributed by atoms with van der Waals surface area (Å²) >= 11 is 19.3. The molecule has 1 N–H and O–H groups in total. The largest absolute Gasteiger partial charge is 0.273 e. The molecule has 120 valence electrons. The van der Waals surface area contributed by atoms with Crippen molar-refractivity contribution in [1.82, 2.24) is 5.43 Å². The quantitative estimate of drug-likeness (QED) is 0.442. The number of nitrogens with zero attached hydrogens (tertiary/aromatic N) is 1. The monoisotopic (exact) mass is 386 g/mol. The Morgan fingerprint density at radius 3 is 2.65 bits per heavy atom. The van der Waals surface area contributed by atoms with Gasteiger partial charge in [0, 0.05) is 9.92 Å². The van der Waals surface area contributed by atoms with Gasteiger partial charge in [0.15, 0.2) is 0 Å². The van der Waals surface area contributed by atoms with Crippen molar-refractivity contribution in [2.45, 2.75) is 11.3 Å². The second-order valence-electron chi connectivity index (χ2n) is 4.60. The Morgan fingerprint density at radius 2 is 1.96 bits per heavy atom. The molecule has 7 heteroatoms. The molecule has 3 nitrogen and oxygen atoms in total. The molecule has 0 saturated heterocycles. The van der Waals surface area contributed by atoms with E-state index in [-0.39, 0.29) is 12.3 Å². The zero-order valence-electron chi connectivity index (χ0n) is 12.1. The highest BCUT2D eigenvalue weighted by atomic mass is 35.5. The molecule has 2 aromatic carbocycles. The van der Waals surface area contributed by atoms with E-state index in [1.165, 1.54) is 6.21 Å². The third kappa shape index (κ3) is 5.43. The molecule has 0 fully saturated rings. The maximum atomic E-state index is 12.0. The number of hydrazone groups is 1. The number of nitrogens with one attached hydrogen (secondary N) is 1. The third-order valence-electron chi connectivity index (χ3n) is 2.94. The van der Waals surface area contributed by atoms with Crippen molar-refractivity contribution in [3.63, 3.8) is 0 Å². The molecule has 0 aliphatic heterocycles. The molecule has 0 spiro atoms. The minimum Gasteiger partial charge on any atom is -0.273 e. The highest BCUT2D eigenvalue weighted by Gasteiger charge is 2.08. The van der Waals surface area contributed by atoms with Crippen LogP contribution in [0.3, 0.4) is 0 Å². The van der Waals surface area contributed by atoms with Crippen LogP contribution in [0.15, 0.2) is 46.4 Å². The molecule has 2 aromatic rings. The molecule has 2 rings (SSSR count). The summed E-state index contributed by atoms with van der Waals surface area (Å²) < 4.78 is 0. The fourth-order valence-electron chi connectivity index (χ4n) is 1.87. The van der Waals surface area contributed by atoms with Crippen molar-refractivity contribution < 1.29 is 4.79 Å². The van der Waals surface area contributed by atoms with Gasteiger partial charge in [-0.1, -0.05) is 40.9 Å². The Balaban J connectivity index is 1.98. The lowest BCUT2D eigenvalue weighted by molar-refractivity contribution is -0.120.